The largest absolute Gasteiger partial charge is 0.394 e. The van der Waals surface area contributed by atoms with E-state index in [4.69, 9.17) is 4.74 Å². The summed E-state index contributed by atoms with van der Waals surface area (Å²) in [4.78, 5) is 30.7. The number of nitrogens with one attached hydrogen (secondary N) is 1. The summed E-state index contributed by atoms with van der Waals surface area (Å²) in [5.74, 6) is -1.64. The van der Waals surface area contributed by atoms with Crippen LogP contribution in [0.2, 0.25) is 0 Å². The van der Waals surface area contributed by atoms with Crippen LogP contribution in [0.25, 0.3) is 0 Å². The summed E-state index contributed by atoms with van der Waals surface area (Å²) in [6.45, 7) is -0.547. The third kappa shape index (κ3) is 3.63. The molecule has 7 aliphatic rings. The Morgan fingerprint density at radius 1 is 0.846 bits per heavy atom. The fraction of sp³-hybridized carbons (Fsp3) is 0.926. The number of hydrogen-bond acceptors (Lipinski definition) is 11. The maximum Gasteiger partial charge on any atom is 0.233 e. The van der Waals surface area contributed by atoms with Crippen molar-refractivity contribution < 1.29 is 45.0 Å². The van der Waals surface area contributed by atoms with Crippen molar-refractivity contribution in [2.45, 2.75) is 106 Å². The highest BCUT2D eigenvalue weighted by molar-refractivity contribution is 6.05. The first-order valence-corrected chi connectivity index (χ1v) is 14.7. The molecule has 7 N–H and O–H groups in total. The van der Waals surface area contributed by atoms with Gasteiger partial charge in [-0.15, -0.1) is 0 Å². The van der Waals surface area contributed by atoms with Gasteiger partial charge in [0.15, 0.2) is 0 Å². The Labute approximate surface area is 226 Å². The fourth-order valence-electron chi connectivity index (χ4n) is 10.1. The molecular formula is C27H41N3O9. The van der Waals surface area contributed by atoms with Crippen molar-refractivity contribution in [2.75, 3.05) is 13.7 Å². The van der Waals surface area contributed by atoms with Gasteiger partial charge in [0, 0.05) is 31.2 Å². The van der Waals surface area contributed by atoms with Crippen LogP contribution in [-0.4, -0.2) is 133 Å². The van der Waals surface area contributed by atoms with E-state index in [0.717, 1.165) is 6.42 Å². The Hall–Kier alpha value is -1.22. The van der Waals surface area contributed by atoms with E-state index in [0.29, 0.717) is 32.1 Å². The molecule has 39 heavy (non-hydrogen) atoms. The SMILES string of the molecule is CN1C(=O)C2C(C1=O)C1C3CCC(O)CC3N(C3OC(CO)C(O)C(O)C3O)C1C1NC3CC(O)CCC3C12. The van der Waals surface area contributed by atoms with E-state index >= 15 is 0 Å². The standard InChI is InChI=1S/C27H41N3O9/c1-29-25(37)18-16-11-4-2-9(32)6-13(11)28-20(16)21-17(19(18)26(29)38)12-5-3-10(33)7-14(12)30(21)27-24(36)23(35)22(34)15(8-31)39-27/h9-24,27-28,31-36H,2-8H2,1H3. The summed E-state index contributed by atoms with van der Waals surface area (Å²) in [6.07, 6.45) is -4.12. The average Bonchev–Trinajstić information content (AvgIpc) is 3.51. The predicted molar refractivity (Wildman–Crippen MR) is 132 cm³/mol. The van der Waals surface area contributed by atoms with Crippen molar-refractivity contribution in [1.29, 1.82) is 0 Å². The Balaban J connectivity index is 1.36. The molecule has 0 spiro atoms. The van der Waals surface area contributed by atoms with Crippen LogP contribution in [0.3, 0.4) is 0 Å². The molecule has 0 aromatic carbocycles. The molecule has 0 aromatic heterocycles. The van der Waals surface area contributed by atoms with E-state index in [2.05, 4.69) is 5.32 Å². The van der Waals surface area contributed by atoms with Crippen LogP contribution in [0, 0.1) is 35.5 Å². The second-order valence-corrected chi connectivity index (χ2v) is 13.2. The monoisotopic (exact) mass is 551 g/mol. The summed E-state index contributed by atoms with van der Waals surface area (Å²) < 4.78 is 6.12. The molecule has 4 heterocycles. The first-order chi connectivity index (χ1) is 18.6. The highest BCUT2D eigenvalue weighted by atomic mass is 16.6. The first-order valence-electron chi connectivity index (χ1n) is 14.7. The number of aliphatic hydroxyl groups is 6. The summed E-state index contributed by atoms with van der Waals surface area (Å²) >= 11 is 0. The number of imide groups is 1. The number of hydrogen-bond donors (Lipinski definition) is 7. The van der Waals surface area contributed by atoms with Crippen LogP contribution in [0.1, 0.15) is 38.5 Å². The van der Waals surface area contributed by atoms with Crippen molar-refractivity contribution in [3.8, 4) is 0 Å². The number of carbonyl (C=O) groups is 2. The zero-order valence-corrected chi connectivity index (χ0v) is 22.1. The average molecular weight is 552 g/mol. The molecule has 2 amide bonds. The van der Waals surface area contributed by atoms with Crippen molar-refractivity contribution in [3.63, 3.8) is 0 Å². The van der Waals surface area contributed by atoms with E-state index < -0.39 is 61.3 Å². The second-order valence-electron chi connectivity index (χ2n) is 13.2. The maximum absolute atomic E-state index is 13.8. The van der Waals surface area contributed by atoms with Crippen LogP contribution in [0.15, 0.2) is 0 Å². The number of amides is 2. The Kier molecular flexibility index (Phi) is 6.43. The lowest BCUT2D eigenvalue weighted by Crippen LogP contribution is -2.68. The van der Waals surface area contributed by atoms with Gasteiger partial charge in [0.2, 0.25) is 11.8 Å². The third-order valence-electron chi connectivity index (χ3n) is 11.6. The van der Waals surface area contributed by atoms with Gasteiger partial charge in [-0.25, -0.2) is 0 Å². The molecule has 218 valence electrons. The van der Waals surface area contributed by atoms with Gasteiger partial charge in [-0.3, -0.25) is 19.4 Å². The Morgan fingerprint density at radius 3 is 2.18 bits per heavy atom. The molecule has 17 unspecified atom stereocenters. The Morgan fingerprint density at radius 2 is 1.49 bits per heavy atom. The third-order valence-corrected chi connectivity index (χ3v) is 11.6. The quantitative estimate of drug-likeness (QED) is 0.173. The molecule has 4 aliphatic heterocycles. The van der Waals surface area contributed by atoms with Crippen LogP contribution in [0.5, 0.6) is 0 Å². The molecule has 7 fully saturated rings. The second kappa shape index (κ2) is 9.40. The molecule has 12 nitrogen and oxygen atoms in total. The number of rotatable bonds is 2. The molecule has 0 aromatic rings. The van der Waals surface area contributed by atoms with Crippen LogP contribution < -0.4 is 5.32 Å². The molecule has 3 aliphatic carbocycles. The zero-order valence-electron chi connectivity index (χ0n) is 22.1. The Bertz CT molecular complexity index is 1010. The maximum atomic E-state index is 13.8. The van der Waals surface area contributed by atoms with E-state index in [-0.39, 0.29) is 59.7 Å². The fourth-order valence-corrected chi connectivity index (χ4v) is 10.1. The van der Waals surface area contributed by atoms with E-state index in [9.17, 15) is 40.2 Å². The lowest BCUT2D eigenvalue weighted by molar-refractivity contribution is -0.276. The molecule has 0 bridgehead atoms. The summed E-state index contributed by atoms with van der Waals surface area (Å²) in [6, 6.07) is -0.867. The highest BCUT2D eigenvalue weighted by Gasteiger charge is 2.72. The predicted octanol–water partition coefficient (Wildman–Crippen LogP) is -3.02. The van der Waals surface area contributed by atoms with Gasteiger partial charge in [-0.05, 0) is 62.2 Å². The molecule has 3 saturated carbocycles. The minimum absolute atomic E-state index is 0.0122. The molecule has 17 atom stereocenters. The number of likely N-dealkylation sites (tertiary alicyclic amines) is 2. The number of ether oxygens (including phenoxy) is 1. The van der Waals surface area contributed by atoms with E-state index in [1.54, 1.807) is 7.05 Å². The minimum Gasteiger partial charge on any atom is -0.394 e. The van der Waals surface area contributed by atoms with Crippen molar-refractivity contribution in [2.24, 2.45) is 35.5 Å². The topological polar surface area (TPSA) is 183 Å². The minimum atomic E-state index is -1.55. The summed E-state index contributed by atoms with van der Waals surface area (Å²) in [5, 5.41) is 67.3. The number of carbonyl (C=O) groups excluding carboxylic acids is 2. The number of nitrogens with zero attached hydrogens (tertiary/aromatic N) is 2. The lowest BCUT2D eigenvalue weighted by atomic mass is 9.57. The van der Waals surface area contributed by atoms with Crippen molar-refractivity contribution in [1.82, 2.24) is 15.1 Å². The highest BCUT2D eigenvalue weighted by Crippen LogP contribution is 2.61. The number of fused-ring (bicyclic) bond motifs is 10. The smallest absolute Gasteiger partial charge is 0.233 e. The molecule has 12 heteroatoms. The van der Waals surface area contributed by atoms with E-state index in [1.807, 2.05) is 4.90 Å². The summed E-state index contributed by atoms with van der Waals surface area (Å²) in [7, 11) is 1.56. The van der Waals surface area contributed by atoms with Crippen molar-refractivity contribution >= 4 is 11.8 Å². The van der Waals surface area contributed by atoms with E-state index in [1.165, 1.54) is 4.90 Å². The summed E-state index contributed by atoms with van der Waals surface area (Å²) in [5.41, 5.74) is 0. The van der Waals surface area contributed by atoms with Gasteiger partial charge in [0.25, 0.3) is 0 Å². The first kappa shape index (κ1) is 26.7. The molecule has 0 radical (unpaired) electrons. The molecule has 4 saturated heterocycles. The van der Waals surface area contributed by atoms with Gasteiger partial charge in [0.05, 0.1) is 30.7 Å². The van der Waals surface area contributed by atoms with Crippen LogP contribution in [-0.2, 0) is 14.3 Å². The molecule has 7 rings (SSSR count). The van der Waals surface area contributed by atoms with Crippen molar-refractivity contribution in [3.05, 3.63) is 0 Å². The molecular weight excluding hydrogens is 510 g/mol. The van der Waals surface area contributed by atoms with Crippen LogP contribution in [0.4, 0.5) is 0 Å². The van der Waals surface area contributed by atoms with Crippen LogP contribution >= 0.6 is 0 Å². The van der Waals surface area contributed by atoms with Gasteiger partial charge < -0.3 is 40.7 Å². The lowest BCUT2D eigenvalue weighted by Gasteiger charge is -2.51. The van der Waals surface area contributed by atoms with Gasteiger partial charge >= 0.3 is 0 Å². The number of aliphatic hydroxyl groups excluding tert-OH is 6. The van der Waals surface area contributed by atoms with Gasteiger partial charge in [0.1, 0.15) is 30.6 Å². The van der Waals surface area contributed by atoms with Gasteiger partial charge in [-0.2, -0.15) is 0 Å². The van der Waals surface area contributed by atoms with Gasteiger partial charge in [-0.1, -0.05) is 0 Å². The normalized spacial score (nSPS) is 57.1. The zero-order chi connectivity index (χ0) is 27.5.